The van der Waals surface area contributed by atoms with Crippen LogP contribution in [0, 0.1) is 0 Å². The minimum absolute atomic E-state index is 0.0600. The van der Waals surface area contributed by atoms with E-state index < -0.39 is 12.0 Å². The van der Waals surface area contributed by atoms with E-state index in [1.807, 2.05) is 6.92 Å². The summed E-state index contributed by atoms with van der Waals surface area (Å²) in [4.78, 5) is 31.9. The highest BCUT2D eigenvalue weighted by Crippen LogP contribution is 2.36. The van der Waals surface area contributed by atoms with Crippen molar-refractivity contribution in [1.82, 2.24) is 4.57 Å². The molecule has 9 heteroatoms. The van der Waals surface area contributed by atoms with E-state index in [9.17, 15) is 14.7 Å². The number of thiazole rings is 1. The van der Waals surface area contributed by atoms with Gasteiger partial charge < -0.3 is 19.3 Å². The maximum absolute atomic E-state index is 13.7. The quantitative estimate of drug-likeness (QED) is 0.343. The van der Waals surface area contributed by atoms with Crippen LogP contribution >= 0.6 is 11.3 Å². The van der Waals surface area contributed by atoms with Crippen LogP contribution in [0.2, 0.25) is 0 Å². The first kappa shape index (κ1) is 26.0. The molecule has 2 heterocycles. The van der Waals surface area contributed by atoms with Crippen molar-refractivity contribution in [3.63, 3.8) is 0 Å². The van der Waals surface area contributed by atoms with Gasteiger partial charge in [0.05, 0.1) is 35.1 Å². The Morgan fingerprint density at radius 1 is 1.16 bits per heavy atom. The van der Waals surface area contributed by atoms with Crippen molar-refractivity contribution >= 4 is 23.4 Å². The number of carbonyl (C=O) groups excluding carboxylic acids is 1. The van der Waals surface area contributed by atoms with Gasteiger partial charge in [0.2, 0.25) is 0 Å². The monoisotopic (exact) mass is 520 g/mol. The Balaban J connectivity index is 1.95. The van der Waals surface area contributed by atoms with Gasteiger partial charge in [-0.25, -0.2) is 9.79 Å². The summed E-state index contributed by atoms with van der Waals surface area (Å²) >= 11 is 1.19. The predicted octanol–water partition coefficient (Wildman–Crippen LogP) is 3.47. The zero-order valence-corrected chi connectivity index (χ0v) is 21.7. The third-order valence-electron chi connectivity index (χ3n) is 5.68. The molecule has 1 aromatic heterocycles. The van der Waals surface area contributed by atoms with Gasteiger partial charge in [0, 0.05) is 5.56 Å². The van der Waals surface area contributed by atoms with Crippen LogP contribution in [-0.2, 0) is 9.53 Å². The molecule has 1 aliphatic heterocycles. The summed E-state index contributed by atoms with van der Waals surface area (Å²) in [6, 6.07) is 11.3. The van der Waals surface area contributed by atoms with Gasteiger partial charge in [-0.3, -0.25) is 9.36 Å². The number of hydrogen-bond donors (Lipinski definition) is 1. The molecule has 3 aromatic rings. The number of allylic oxidation sites excluding steroid dienone is 1. The number of phenolic OH excluding ortho intramolecular Hbond substituents is 1. The maximum Gasteiger partial charge on any atom is 0.338 e. The number of esters is 1. The Bertz CT molecular complexity index is 1550. The van der Waals surface area contributed by atoms with Crippen LogP contribution in [0.5, 0.6) is 17.2 Å². The maximum atomic E-state index is 13.7. The lowest BCUT2D eigenvalue weighted by Crippen LogP contribution is -2.40. The van der Waals surface area contributed by atoms with Gasteiger partial charge in [0.25, 0.3) is 5.56 Å². The SMILES string of the molecule is C=CCOc1ccc(C2C(C(=O)OCC)=C(C)N=c3s/c(=C/c4ccccc4O)c(=O)n32)cc1OCC. The number of aromatic hydroxyl groups is 1. The summed E-state index contributed by atoms with van der Waals surface area (Å²) in [5.41, 5.74) is 1.54. The van der Waals surface area contributed by atoms with E-state index >= 15 is 0 Å². The topological polar surface area (TPSA) is 99.4 Å². The Kier molecular flexibility index (Phi) is 7.93. The lowest BCUT2D eigenvalue weighted by Gasteiger charge is -2.25. The van der Waals surface area contributed by atoms with E-state index in [0.717, 1.165) is 0 Å². The summed E-state index contributed by atoms with van der Waals surface area (Å²) < 4.78 is 18.8. The molecule has 2 aromatic carbocycles. The smallest absolute Gasteiger partial charge is 0.338 e. The van der Waals surface area contributed by atoms with Gasteiger partial charge in [0.1, 0.15) is 12.4 Å². The molecule has 0 fully saturated rings. The number of hydrogen-bond acceptors (Lipinski definition) is 8. The van der Waals surface area contributed by atoms with Gasteiger partial charge in [-0.2, -0.15) is 0 Å². The first-order chi connectivity index (χ1) is 17.9. The lowest BCUT2D eigenvalue weighted by atomic mass is 9.95. The molecule has 0 saturated heterocycles. The van der Waals surface area contributed by atoms with Crippen molar-refractivity contribution in [2.24, 2.45) is 4.99 Å². The minimum atomic E-state index is -0.797. The van der Waals surface area contributed by atoms with E-state index in [-0.39, 0.29) is 23.5 Å². The molecular formula is C28H28N2O6S. The minimum Gasteiger partial charge on any atom is -0.507 e. The average molecular weight is 521 g/mol. The molecule has 0 bridgehead atoms. The van der Waals surface area contributed by atoms with Crippen molar-refractivity contribution in [2.45, 2.75) is 26.8 Å². The van der Waals surface area contributed by atoms with Gasteiger partial charge in [-0.1, -0.05) is 48.3 Å². The molecule has 37 heavy (non-hydrogen) atoms. The van der Waals surface area contributed by atoms with Crippen molar-refractivity contribution in [1.29, 1.82) is 0 Å². The zero-order chi connectivity index (χ0) is 26.5. The van der Waals surface area contributed by atoms with Crippen molar-refractivity contribution in [3.8, 4) is 17.2 Å². The normalized spacial score (nSPS) is 15.1. The highest BCUT2D eigenvalue weighted by Gasteiger charge is 2.34. The molecule has 192 valence electrons. The third kappa shape index (κ3) is 5.22. The number of fused-ring (bicyclic) bond motifs is 1. The fourth-order valence-electron chi connectivity index (χ4n) is 4.09. The summed E-state index contributed by atoms with van der Waals surface area (Å²) in [5.74, 6) is 0.519. The number of carbonyl (C=O) groups is 1. The van der Waals surface area contributed by atoms with Gasteiger partial charge in [0.15, 0.2) is 16.3 Å². The molecule has 4 rings (SSSR count). The molecular weight excluding hydrogens is 492 g/mol. The van der Waals surface area contributed by atoms with Gasteiger partial charge in [-0.05, 0) is 50.6 Å². The Hall–Kier alpha value is -4.11. The molecule has 1 N–H and O–H groups in total. The second kappa shape index (κ2) is 11.3. The number of ether oxygens (including phenoxy) is 3. The average Bonchev–Trinajstić information content (AvgIpc) is 3.18. The second-order valence-electron chi connectivity index (χ2n) is 8.10. The number of nitrogens with zero attached hydrogens (tertiary/aromatic N) is 2. The first-order valence-corrected chi connectivity index (χ1v) is 12.7. The van der Waals surface area contributed by atoms with Crippen LogP contribution in [-0.4, -0.2) is 35.5 Å². The molecule has 0 saturated carbocycles. The van der Waals surface area contributed by atoms with Crippen LogP contribution in [0.4, 0.5) is 0 Å². The van der Waals surface area contributed by atoms with Gasteiger partial charge >= 0.3 is 5.97 Å². The lowest BCUT2D eigenvalue weighted by molar-refractivity contribution is -0.139. The highest BCUT2D eigenvalue weighted by molar-refractivity contribution is 7.07. The van der Waals surface area contributed by atoms with E-state index in [2.05, 4.69) is 11.6 Å². The van der Waals surface area contributed by atoms with Crippen molar-refractivity contribution in [2.75, 3.05) is 19.8 Å². The van der Waals surface area contributed by atoms with Crippen LogP contribution in [0.15, 0.2) is 76.2 Å². The first-order valence-electron chi connectivity index (χ1n) is 11.9. The van der Waals surface area contributed by atoms with Crippen LogP contribution in [0.3, 0.4) is 0 Å². The summed E-state index contributed by atoms with van der Waals surface area (Å²) in [5, 5.41) is 10.2. The van der Waals surface area contributed by atoms with E-state index in [1.54, 1.807) is 68.5 Å². The van der Waals surface area contributed by atoms with Crippen LogP contribution < -0.4 is 24.4 Å². The molecule has 0 radical (unpaired) electrons. The molecule has 1 unspecified atom stereocenters. The molecule has 0 spiro atoms. The summed E-state index contributed by atoms with van der Waals surface area (Å²) in [6.07, 6.45) is 3.26. The molecule has 1 aliphatic rings. The Morgan fingerprint density at radius 2 is 1.95 bits per heavy atom. The summed E-state index contributed by atoms with van der Waals surface area (Å²) in [6.45, 7) is 9.87. The Morgan fingerprint density at radius 3 is 2.65 bits per heavy atom. The summed E-state index contributed by atoms with van der Waals surface area (Å²) in [7, 11) is 0. The molecule has 0 amide bonds. The Labute approximate surface area is 218 Å². The molecule has 1 atom stereocenters. The number of phenols is 1. The number of rotatable bonds is 9. The predicted molar refractivity (Wildman–Crippen MR) is 142 cm³/mol. The van der Waals surface area contributed by atoms with E-state index in [4.69, 9.17) is 14.2 Å². The standard InChI is InChI=1S/C28H28N2O6S/c1-5-14-36-21-13-12-19(15-22(21)34-6-2)25-24(27(33)35-7-3)17(4)29-28-30(25)26(32)23(37-28)16-18-10-8-9-11-20(18)31/h5,8-13,15-16,25,31H,1,6-7,14H2,2-4H3/b23-16+. The fraction of sp³-hybridized carbons (Fsp3) is 0.250. The van der Waals surface area contributed by atoms with E-state index in [1.165, 1.54) is 15.9 Å². The molecule has 0 aliphatic carbocycles. The van der Waals surface area contributed by atoms with E-state index in [0.29, 0.717) is 50.9 Å². The van der Waals surface area contributed by atoms with Crippen molar-refractivity contribution in [3.05, 3.63) is 97.2 Å². The van der Waals surface area contributed by atoms with Crippen LogP contribution in [0.25, 0.3) is 6.08 Å². The second-order valence-corrected chi connectivity index (χ2v) is 9.11. The number of benzene rings is 2. The number of para-hydroxylation sites is 1. The van der Waals surface area contributed by atoms with Crippen LogP contribution in [0.1, 0.15) is 37.9 Å². The van der Waals surface area contributed by atoms with Crippen molar-refractivity contribution < 1.29 is 24.1 Å². The molecule has 8 nitrogen and oxygen atoms in total. The zero-order valence-electron chi connectivity index (χ0n) is 20.9. The van der Waals surface area contributed by atoms with Gasteiger partial charge in [-0.15, -0.1) is 0 Å². The third-order valence-corrected chi connectivity index (χ3v) is 6.66. The fourth-order valence-corrected chi connectivity index (χ4v) is 5.13. The number of aromatic nitrogens is 1. The highest BCUT2D eigenvalue weighted by atomic mass is 32.1. The largest absolute Gasteiger partial charge is 0.507 e.